The van der Waals surface area contributed by atoms with Crippen LogP contribution in [0, 0.1) is 6.92 Å². The van der Waals surface area contributed by atoms with Gasteiger partial charge in [0.2, 0.25) is 0 Å². The number of aromatic nitrogens is 1. The van der Waals surface area contributed by atoms with Gasteiger partial charge < -0.3 is 4.74 Å². The van der Waals surface area contributed by atoms with Gasteiger partial charge in [-0.25, -0.2) is 9.78 Å². The van der Waals surface area contributed by atoms with E-state index >= 15 is 0 Å². The Bertz CT molecular complexity index is 847. The van der Waals surface area contributed by atoms with E-state index in [1.807, 2.05) is 18.2 Å². The largest absolute Gasteiger partial charge is 0.463 e. The Morgan fingerprint density at radius 2 is 1.89 bits per heavy atom. The smallest absolute Gasteiger partial charge is 0.330 e. The van der Waals surface area contributed by atoms with Gasteiger partial charge in [-0.05, 0) is 63.6 Å². The van der Waals surface area contributed by atoms with Crippen LogP contribution >= 0.6 is 0 Å². The Morgan fingerprint density at radius 3 is 2.61 bits per heavy atom. The second-order valence-electron chi connectivity index (χ2n) is 7.02. The Kier molecular flexibility index (Phi) is 7.15. The number of benzene rings is 1. The molecule has 0 radical (unpaired) electrons. The molecule has 0 aliphatic carbocycles. The first-order valence-electron chi connectivity index (χ1n) is 9.97. The highest BCUT2D eigenvalue weighted by atomic mass is 16.5. The fraction of sp³-hybridized carbons (Fsp3) is 0.333. The van der Waals surface area contributed by atoms with Crippen molar-refractivity contribution < 1.29 is 9.53 Å². The Hall–Kier alpha value is -2.72. The number of hydrogen-bond donors (Lipinski definition) is 0. The molecule has 0 bridgehead atoms. The Morgan fingerprint density at radius 1 is 1.14 bits per heavy atom. The summed E-state index contributed by atoms with van der Waals surface area (Å²) >= 11 is 0. The fourth-order valence-electron chi connectivity index (χ4n) is 3.33. The van der Waals surface area contributed by atoms with Crippen LogP contribution in [0.2, 0.25) is 0 Å². The summed E-state index contributed by atoms with van der Waals surface area (Å²) in [5.74, 6) is -0.349. The summed E-state index contributed by atoms with van der Waals surface area (Å²) in [5, 5.41) is 0. The molecule has 3 rings (SSSR count). The number of ether oxygens (including phenoxy) is 1. The van der Waals surface area contributed by atoms with Gasteiger partial charge in [0.1, 0.15) is 0 Å². The minimum absolute atomic E-state index is 0.349. The third-order valence-electron chi connectivity index (χ3n) is 4.84. The van der Waals surface area contributed by atoms with E-state index in [4.69, 9.17) is 9.72 Å². The third-order valence-corrected chi connectivity index (χ3v) is 4.84. The van der Waals surface area contributed by atoms with Crippen molar-refractivity contribution in [2.24, 2.45) is 0 Å². The molecule has 1 saturated heterocycles. The first-order valence-corrected chi connectivity index (χ1v) is 9.97. The SMILES string of the molecule is CCOC(=O)/C=C\c1cccc(/C(=C\CN2CCCC2)c2ccc(C)cc2)n1. The quantitative estimate of drug-likeness (QED) is 0.527. The lowest BCUT2D eigenvalue weighted by atomic mass is 10.00. The highest BCUT2D eigenvalue weighted by molar-refractivity contribution is 5.87. The normalized spacial score (nSPS) is 15.3. The van der Waals surface area contributed by atoms with Gasteiger partial charge >= 0.3 is 5.97 Å². The average Bonchev–Trinajstić information content (AvgIpc) is 3.22. The van der Waals surface area contributed by atoms with Gasteiger partial charge in [0.15, 0.2) is 0 Å². The molecule has 1 fully saturated rings. The van der Waals surface area contributed by atoms with E-state index in [9.17, 15) is 4.79 Å². The van der Waals surface area contributed by atoms with Crippen LogP contribution in [0.25, 0.3) is 11.6 Å². The highest BCUT2D eigenvalue weighted by Crippen LogP contribution is 2.23. The number of pyridine rings is 1. The molecule has 0 unspecified atom stereocenters. The van der Waals surface area contributed by atoms with Crippen molar-refractivity contribution in [1.82, 2.24) is 9.88 Å². The van der Waals surface area contributed by atoms with Crippen LogP contribution in [0.4, 0.5) is 0 Å². The van der Waals surface area contributed by atoms with Crippen molar-refractivity contribution in [3.05, 3.63) is 77.1 Å². The summed E-state index contributed by atoms with van der Waals surface area (Å²) in [4.78, 5) is 18.8. The second kappa shape index (κ2) is 10.00. The van der Waals surface area contributed by atoms with E-state index < -0.39 is 0 Å². The summed E-state index contributed by atoms with van der Waals surface area (Å²) in [5.41, 5.74) is 5.17. The van der Waals surface area contributed by atoms with Crippen molar-refractivity contribution in [3.63, 3.8) is 0 Å². The van der Waals surface area contributed by atoms with Gasteiger partial charge in [-0.15, -0.1) is 0 Å². The van der Waals surface area contributed by atoms with Crippen LogP contribution in [0.3, 0.4) is 0 Å². The zero-order valence-corrected chi connectivity index (χ0v) is 16.7. The lowest BCUT2D eigenvalue weighted by Gasteiger charge is -2.14. The molecule has 1 aliphatic rings. The molecule has 0 spiro atoms. The van der Waals surface area contributed by atoms with Crippen molar-refractivity contribution in [2.75, 3.05) is 26.2 Å². The number of aryl methyl sites for hydroxylation is 1. The molecule has 0 atom stereocenters. The molecule has 4 nitrogen and oxygen atoms in total. The molecule has 2 aromatic rings. The molecule has 1 aromatic heterocycles. The maximum atomic E-state index is 11.6. The predicted octanol–water partition coefficient (Wildman–Crippen LogP) is 4.49. The summed E-state index contributed by atoms with van der Waals surface area (Å²) in [6.45, 7) is 7.50. The van der Waals surface area contributed by atoms with Crippen LogP contribution in [-0.2, 0) is 9.53 Å². The van der Waals surface area contributed by atoms with Gasteiger partial charge in [0.25, 0.3) is 0 Å². The maximum Gasteiger partial charge on any atom is 0.330 e. The lowest BCUT2D eigenvalue weighted by Crippen LogP contribution is -2.19. The number of carbonyl (C=O) groups excluding carboxylic acids is 1. The van der Waals surface area contributed by atoms with E-state index in [0.717, 1.165) is 42.2 Å². The Balaban J connectivity index is 1.88. The number of likely N-dealkylation sites (tertiary alicyclic amines) is 1. The van der Waals surface area contributed by atoms with Crippen LogP contribution < -0.4 is 0 Å². The zero-order valence-electron chi connectivity index (χ0n) is 16.7. The molecular formula is C24H28N2O2. The molecule has 28 heavy (non-hydrogen) atoms. The monoisotopic (exact) mass is 376 g/mol. The Labute approximate surface area is 167 Å². The van der Waals surface area contributed by atoms with Crippen molar-refractivity contribution in [3.8, 4) is 0 Å². The minimum Gasteiger partial charge on any atom is -0.463 e. The molecular weight excluding hydrogens is 348 g/mol. The summed E-state index contributed by atoms with van der Waals surface area (Å²) < 4.78 is 4.95. The summed E-state index contributed by atoms with van der Waals surface area (Å²) in [7, 11) is 0. The van der Waals surface area contributed by atoms with Crippen LogP contribution in [-0.4, -0.2) is 42.1 Å². The van der Waals surface area contributed by atoms with Gasteiger partial charge in [-0.1, -0.05) is 42.0 Å². The molecule has 0 saturated carbocycles. The standard InChI is InChI=1S/C24H28N2O2/c1-3-28-24(27)14-13-21-7-6-8-23(25-21)22(15-18-26-16-4-5-17-26)20-11-9-19(2)10-12-20/h6-15H,3-5,16-18H2,1-2H3/b14-13-,22-15-. The van der Waals surface area contributed by atoms with Crippen molar-refractivity contribution in [2.45, 2.75) is 26.7 Å². The zero-order chi connectivity index (χ0) is 19.8. The first kappa shape index (κ1) is 20.0. The molecule has 0 amide bonds. The second-order valence-corrected chi connectivity index (χ2v) is 7.02. The van der Waals surface area contributed by atoms with Crippen LogP contribution in [0.15, 0.2) is 54.6 Å². The number of carbonyl (C=O) groups is 1. The summed E-state index contributed by atoms with van der Waals surface area (Å²) in [6.07, 6.45) is 7.96. The van der Waals surface area contributed by atoms with E-state index in [2.05, 4.69) is 42.2 Å². The van der Waals surface area contributed by atoms with Gasteiger partial charge in [-0.3, -0.25) is 4.90 Å². The van der Waals surface area contributed by atoms with Crippen molar-refractivity contribution in [1.29, 1.82) is 0 Å². The van der Waals surface area contributed by atoms with E-state index in [1.165, 1.54) is 24.5 Å². The van der Waals surface area contributed by atoms with Gasteiger partial charge in [0.05, 0.1) is 18.0 Å². The number of hydrogen-bond acceptors (Lipinski definition) is 4. The number of esters is 1. The summed E-state index contributed by atoms with van der Waals surface area (Å²) in [6, 6.07) is 14.4. The molecule has 1 aliphatic heterocycles. The first-order chi connectivity index (χ1) is 13.7. The van der Waals surface area contributed by atoms with E-state index in [1.54, 1.807) is 13.0 Å². The lowest BCUT2D eigenvalue weighted by molar-refractivity contribution is -0.137. The molecule has 0 N–H and O–H groups in total. The topological polar surface area (TPSA) is 42.4 Å². The fourth-order valence-corrected chi connectivity index (χ4v) is 3.33. The predicted molar refractivity (Wildman–Crippen MR) is 114 cm³/mol. The van der Waals surface area contributed by atoms with Gasteiger partial charge in [0, 0.05) is 18.2 Å². The van der Waals surface area contributed by atoms with E-state index in [0.29, 0.717) is 6.61 Å². The van der Waals surface area contributed by atoms with Gasteiger partial charge in [-0.2, -0.15) is 0 Å². The molecule has 2 heterocycles. The average molecular weight is 377 g/mol. The minimum atomic E-state index is -0.349. The number of rotatable bonds is 7. The maximum absolute atomic E-state index is 11.6. The van der Waals surface area contributed by atoms with Crippen LogP contribution in [0.1, 0.15) is 42.3 Å². The van der Waals surface area contributed by atoms with E-state index in [-0.39, 0.29) is 5.97 Å². The van der Waals surface area contributed by atoms with Crippen LogP contribution in [0.5, 0.6) is 0 Å². The molecule has 146 valence electrons. The highest BCUT2D eigenvalue weighted by Gasteiger charge is 2.12. The third kappa shape index (κ3) is 5.64. The number of nitrogens with zero attached hydrogens (tertiary/aromatic N) is 2. The molecule has 4 heteroatoms. The molecule has 1 aromatic carbocycles. The van der Waals surface area contributed by atoms with Crippen molar-refractivity contribution >= 4 is 17.6 Å².